The van der Waals surface area contributed by atoms with Crippen LogP contribution in [0, 0.1) is 5.41 Å². The lowest BCUT2D eigenvalue weighted by Crippen LogP contribution is -2.46. The molecular formula is C14H21ClN2O3S. The summed E-state index contributed by atoms with van der Waals surface area (Å²) in [5, 5.41) is 12.0. The molecule has 5 nitrogen and oxygen atoms in total. The van der Waals surface area contributed by atoms with E-state index in [2.05, 4.69) is 5.32 Å². The first-order valence-corrected chi connectivity index (χ1v) is 8.00. The van der Waals surface area contributed by atoms with Crippen molar-refractivity contribution >= 4 is 34.9 Å². The van der Waals surface area contributed by atoms with Crippen molar-refractivity contribution in [3.8, 4) is 0 Å². The summed E-state index contributed by atoms with van der Waals surface area (Å²) in [6, 6.07) is 3.37. The normalized spacial score (nSPS) is 11.2. The third-order valence-corrected chi connectivity index (χ3v) is 4.97. The molecule has 0 aliphatic rings. The van der Waals surface area contributed by atoms with Crippen molar-refractivity contribution in [2.75, 3.05) is 13.6 Å². The van der Waals surface area contributed by atoms with Crippen LogP contribution < -0.4 is 5.32 Å². The number of rotatable bonds is 7. The van der Waals surface area contributed by atoms with Gasteiger partial charge in [-0.3, -0.25) is 4.79 Å². The summed E-state index contributed by atoms with van der Waals surface area (Å²) in [6.07, 6.45) is 0.951. The van der Waals surface area contributed by atoms with E-state index in [1.165, 1.54) is 16.2 Å². The lowest BCUT2D eigenvalue weighted by Gasteiger charge is -2.28. The third-order valence-electron chi connectivity index (χ3n) is 3.75. The van der Waals surface area contributed by atoms with Gasteiger partial charge < -0.3 is 15.3 Å². The van der Waals surface area contributed by atoms with Gasteiger partial charge in [0.2, 0.25) is 0 Å². The molecule has 0 unspecified atom stereocenters. The predicted molar refractivity (Wildman–Crippen MR) is 84.8 cm³/mol. The second-order valence-electron chi connectivity index (χ2n) is 5.01. The minimum atomic E-state index is -0.900. The van der Waals surface area contributed by atoms with Gasteiger partial charge in [0, 0.05) is 18.5 Å². The standard InChI is InChI=1S/C14H21ClN2O3S/c1-4-14(5-2,12(18)19)9-16-13(20)17(3)8-10-6-7-11(15)21-10/h6-7H,4-5,8-9H2,1-3H3,(H,16,20)(H,18,19). The Labute approximate surface area is 133 Å². The minimum Gasteiger partial charge on any atom is -0.481 e. The van der Waals surface area contributed by atoms with Crippen LogP contribution in [0.5, 0.6) is 0 Å². The average molecular weight is 333 g/mol. The number of halogens is 1. The van der Waals surface area contributed by atoms with Crippen LogP contribution in [-0.4, -0.2) is 35.6 Å². The molecule has 0 aliphatic carbocycles. The first-order valence-electron chi connectivity index (χ1n) is 6.81. The maximum atomic E-state index is 12.0. The summed E-state index contributed by atoms with van der Waals surface area (Å²) >= 11 is 7.27. The lowest BCUT2D eigenvalue weighted by atomic mass is 9.82. The molecule has 0 spiro atoms. The van der Waals surface area contributed by atoms with Crippen LogP contribution in [0.2, 0.25) is 4.34 Å². The highest BCUT2D eigenvalue weighted by Crippen LogP contribution is 2.26. The summed E-state index contributed by atoms with van der Waals surface area (Å²) in [6.45, 7) is 4.22. The lowest BCUT2D eigenvalue weighted by molar-refractivity contribution is -0.149. The van der Waals surface area contributed by atoms with Crippen molar-refractivity contribution in [3.05, 3.63) is 21.3 Å². The van der Waals surface area contributed by atoms with Gasteiger partial charge >= 0.3 is 12.0 Å². The monoisotopic (exact) mass is 332 g/mol. The van der Waals surface area contributed by atoms with Crippen molar-refractivity contribution in [2.24, 2.45) is 5.41 Å². The van der Waals surface area contributed by atoms with Crippen molar-refractivity contribution < 1.29 is 14.7 Å². The molecule has 1 rings (SSSR count). The molecule has 1 aromatic heterocycles. The third kappa shape index (κ3) is 4.61. The quantitative estimate of drug-likeness (QED) is 0.803. The van der Waals surface area contributed by atoms with E-state index in [9.17, 15) is 14.7 Å². The van der Waals surface area contributed by atoms with E-state index in [0.29, 0.717) is 23.7 Å². The maximum absolute atomic E-state index is 12.0. The molecule has 0 radical (unpaired) electrons. The summed E-state index contributed by atoms with van der Waals surface area (Å²) in [5.74, 6) is -0.875. The SMILES string of the molecule is CCC(CC)(CNC(=O)N(C)Cc1ccc(Cl)s1)C(=O)O. The van der Waals surface area contributed by atoms with Gasteiger partial charge in [0.25, 0.3) is 0 Å². The number of carbonyl (C=O) groups excluding carboxylic acids is 1. The van der Waals surface area contributed by atoms with Gasteiger partial charge in [0.15, 0.2) is 0 Å². The second-order valence-corrected chi connectivity index (χ2v) is 6.81. The summed E-state index contributed by atoms with van der Waals surface area (Å²) in [5.41, 5.74) is -0.900. The maximum Gasteiger partial charge on any atom is 0.317 e. The zero-order valence-corrected chi connectivity index (χ0v) is 14.1. The molecule has 2 amide bonds. The minimum absolute atomic E-state index is 0.129. The van der Waals surface area contributed by atoms with E-state index in [4.69, 9.17) is 11.6 Å². The highest BCUT2D eigenvalue weighted by molar-refractivity contribution is 7.16. The highest BCUT2D eigenvalue weighted by Gasteiger charge is 2.35. The van der Waals surface area contributed by atoms with Crippen LogP contribution in [0.3, 0.4) is 0 Å². The molecule has 21 heavy (non-hydrogen) atoms. The Balaban J connectivity index is 2.57. The van der Waals surface area contributed by atoms with E-state index in [-0.39, 0.29) is 12.6 Å². The van der Waals surface area contributed by atoms with Gasteiger partial charge in [0.1, 0.15) is 0 Å². The molecule has 7 heteroatoms. The van der Waals surface area contributed by atoms with Gasteiger partial charge in [0.05, 0.1) is 16.3 Å². The van der Waals surface area contributed by atoms with Gasteiger partial charge in [-0.25, -0.2) is 4.79 Å². The average Bonchev–Trinajstić information content (AvgIpc) is 2.85. The number of amides is 2. The van der Waals surface area contributed by atoms with Gasteiger partial charge in [-0.15, -0.1) is 11.3 Å². The number of carboxylic acids is 1. The molecule has 0 fully saturated rings. The predicted octanol–water partition coefficient (Wildman–Crippen LogP) is 3.43. The van der Waals surface area contributed by atoms with Gasteiger partial charge in [-0.1, -0.05) is 25.4 Å². The van der Waals surface area contributed by atoms with Crippen LogP contribution in [0.15, 0.2) is 12.1 Å². The Morgan fingerprint density at radius 3 is 2.43 bits per heavy atom. The summed E-state index contributed by atoms with van der Waals surface area (Å²) in [7, 11) is 1.67. The fraction of sp³-hybridized carbons (Fsp3) is 0.571. The number of thiophene rings is 1. The number of hydrogen-bond acceptors (Lipinski definition) is 3. The van der Waals surface area contributed by atoms with E-state index < -0.39 is 11.4 Å². The van der Waals surface area contributed by atoms with Gasteiger partial charge in [-0.05, 0) is 25.0 Å². The van der Waals surface area contributed by atoms with Gasteiger partial charge in [-0.2, -0.15) is 0 Å². The highest BCUT2D eigenvalue weighted by atomic mass is 35.5. The Kier molecular flexibility index (Phi) is 6.48. The fourth-order valence-electron chi connectivity index (χ4n) is 2.00. The van der Waals surface area contributed by atoms with Crippen molar-refractivity contribution in [2.45, 2.75) is 33.2 Å². The molecule has 1 heterocycles. The van der Waals surface area contributed by atoms with Crippen molar-refractivity contribution in [1.82, 2.24) is 10.2 Å². The Hall–Kier alpha value is -1.27. The van der Waals surface area contributed by atoms with Crippen LogP contribution in [-0.2, 0) is 11.3 Å². The van der Waals surface area contributed by atoms with Crippen LogP contribution in [0.1, 0.15) is 31.6 Å². The molecule has 0 bridgehead atoms. The first-order chi connectivity index (χ1) is 9.84. The molecule has 0 aliphatic heterocycles. The van der Waals surface area contributed by atoms with Crippen molar-refractivity contribution in [3.63, 3.8) is 0 Å². The molecular weight excluding hydrogens is 312 g/mol. The van der Waals surface area contributed by atoms with Crippen molar-refractivity contribution in [1.29, 1.82) is 0 Å². The molecule has 0 saturated carbocycles. The number of hydrogen-bond donors (Lipinski definition) is 2. The molecule has 2 N–H and O–H groups in total. The van der Waals surface area contributed by atoms with E-state index in [1.807, 2.05) is 19.9 Å². The molecule has 0 aromatic carbocycles. The van der Waals surface area contributed by atoms with Crippen LogP contribution in [0.4, 0.5) is 4.79 Å². The van der Waals surface area contributed by atoms with E-state index >= 15 is 0 Å². The first kappa shape index (κ1) is 17.8. The number of urea groups is 1. The fourth-order valence-corrected chi connectivity index (χ4v) is 3.14. The van der Waals surface area contributed by atoms with E-state index in [0.717, 1.165) is 4.88 Å². The smallest absolute Gasteiger partial charge is 0.317 e. The number of nitrogens with zero attached hydrogens (tertiary/aromatic N) is 1. The molecule has 0 saturated heterocycles. The number of nitrogens with one attached hydrogen (secondary N) is 1. The van der Waals surface area contributed by atoms with E-state index in [1.54, 1.807) is 13.1 Å². The molecule has 1 aromatic rings. The largest absolute Gasteiger partial charge is 0.481 e. The number of carboxylic acid groups (broad SMARTS) is 1. The summed E-state index contributed by atoms with van der Waals surface area (Å²) in [4.78, 5) is 25.9. The Morgan fingerprint density at radius 1 is 1.38 bits per heavy atom. The van der Waals surface area contributed by atoms with Crippen LogP contribution >= 0.6 is 22.9 Å². The number of carbonyl (C=O) groups is 2. The topological polar surface area (TPSA) is 69.6 Å². The molecule has 118 valence electrons. The Morgan fingerprint density at radius 2 is 2.00 bits per heavy atom. The Bertz CT molecular complexity index is 500. The zero-order chi connectivity index (χ0) is 16.0. The number of aliphatic carboxylic acids is 1. The second kappa shape index (κ2) is 7.66. The zero-order valence-electron chi connectivity index (χ0n) is 12.5. The summed E-state index contributed by atoms with van der Waals surface area (Å²) < 4.78 is 0.681. The van der Waals surface area contributed by atoms with Crippen LogP contribution in [0.25, 0.3) is 0 Å². The molecule has 0 atom stereocenters.